The molecule has 0 atom stereocenters. The van der Waals surface area contributed by atoms with Crippen molar-refractivity contribution < 1.29 is 0 Å². The minimum atomic E-state index is 1.15. The zero-order chi connectivity index (χ0) is 9.40. The molecule has 0 N–H and O–H groups in total. The molecule has 0 amide bonds. The van der Waals surface area contributed by atoms with Crippen molar-refractivity contribution in [1.82, 2.24) is 9.80 Å². The van der Waals surface area contributed by atoms with Crippen molar-refractivity contribution in [2.24, 2.45) is 0 Å². The van der Waals surface area contributed by atoms with Gasteiger partial charge in [0.05, 0.1) is 0 Å². The first-order chi connectivity index (χ1) is 5.70. The number of hydrogen-bond acceptors (Lipinski definition) is 2. The summed E-state index contributed by atoms with van der Waals surface area (Å²) < 4.78 is 0. The third-order valence-electron chi connectivity index (χ3n) is 2.30. The molecule has 74 valence electrons. The van der Waals surface area contributed by atoms with Crippen LogP contribution in [0.4, 0.5) is 0 Å². The molecule has 0 bridgehead atoms. The van der Waals surface area contributed by atoms with Gasteiger partial charge in [-0.15, -0.1) is 0 Å². The molecule has 0 aliphatic heterocycles. The molecule has 2 heteroatoms. The van der Waals surface area contributed by atoms with E-state index >= 15 is 0 Å². The van der Waals surface area contributed by atoms with E-state index in [1.54, 1.807) is 0 Å². The van der Waals surface area contributed by atoms with Crippen LogP contribution in [-0.2, 0) is 0 Å². The Labute approximate surface area is 77.5 Å². The third kappa shape index (κ3) is 6.62. The van der Waals surface area contributed by atoms with E-state index in [0.717, 1.165) is 6.54 Å². The van der Waals surface area contributed by atoms with E-state index < -0.39 is 0 Å². The van der Waals surface area contributed by atoms with Crippen molar-refractivity contribution in [3.05, 3.63) is 0 Å². The second-order valence-electron chi connectivity index (χ2n) is 3.55. The van der Waals surface area contributed by atoms with Crippen LogP contribution in [0.15, 0.2) is 0 Å². The van der Waals surface area contributed by atoms with Gasteiger partial charge < -0.3 is 9.80 Å². The van der Waals surface area contributed by atoms with Gasteiger partial charge in [-0.1, -0.05) is 20.3 Å². The molecule has 0 spiro atoms. The van der Waals surface area contributed by atoms with Crippen LogP contribution in [0.1, 0.15) is 26.7 Å². The summed E-state index contributed by atoms with van der Waals surface area (Å²) in [6, 6.07) is 0. The van der Waals surface area contributed by atoms with E-state index in [2.05, 4.69) is 37.7 Å². The maximum Gasteiger partial charge on any atom is 0.0106 e. The highest BCUT2D eigenvalue weighted by Crippen LogP contribution is 1.91. The molecule has 2 nitrogen and oxygen atoms in total. The molecule has 0 heterocycles. The zero-order valence-electron chi connectivity index (χ0n) is 9.14. The molecular weight excluding hydrogens is 148 g/mol. The van der Waals surface area contributed by atoms with Gasteiger partial charge in [-0.25, -0.2) is 0 Å². The maximum atomic E-state index is 2.41. The van der Waals surface area contributed by atoms with E-state index in [1.165, 1.54) is 32.5 Å². The zero-order valence-corrected chi connectivity index (χ0v) is 9.14. The highest BCUT2D eigenvalue weighted by molar-refractivity contribution is 4.54. The van der Waals surface area contributed by atoms with Gasteiger partial charge in [0.15, 0.2) is 0 Å². The summed E-state index contributed by atoms with van der Waals surface area (Å²) in [7, 11) is 4.38. The fraction of sp³-hybridized carbons (Fsp3) is 1.00. The van der Waals surface area contributed by atoms with Crippen LogP contribution in [0, 0.1) is 0 Å². The molecule has 0 aliphatic rings. The highest BCUT2D eigenvalue weighted by atomic mass is 15.2. The lowest BCUT2D eigenvalue weighted by Gasteiger charge is -2.20. The van der Waals surface area contributed by atoms with Gasteiger partial charge in [0.2, 0.25) is 0 Å². The number of hydrogen-bond donors (Lipinski definition) is 0. The fourth-order valence-corrected chi connectivity index (χ4v) is 1.04. The Morgan fingerprint density at radius 2 is 1.42 bits per heavy atom. The summed E-state index contributed by atoms with van der Waals surface area (Å²) in [5, 5.41) is 0. The second kappa shape index (κ2) is 7.56. The lowest BCUT2D eigenvalue weighted by molar-refractivity contribution is 0.261. The molecule has 0 rings (SSSR count). The van der Waals surface area contributed by atoms with Gasteiger partial charge in [0.25, 0.3) is 0 Å². The lowest BCUT2D eigenvalue weighted by Crippen LogP contribution is -2.31. The largest absolute Gasteiger partial charge is 0.305 e. The first kappa shape index (κ1) is 11.9. The molecule has 0 aromatic carbocycles. The van der Waals surface area contributed by atoms with E-state index in [9.17, 15) is 0 Å². The molecular formula is C10H24N2. The number of unbranched alkanes of at least 4 members (excludes halogenated alkanes) is 1. The number of nitrogens with zero attached hydrogens (tertiary/aromatic N) is 2. The van der Waals surface area contributed by atoms with Gasteiger partial charge in [-0.3, -0.25) is 0 Å². The van der Waals surface area contributed by atoms with E-state index in [0.29, 0.717) is 0 Å². The van der Waals surface area contributed by atoms with Crippen LogP contribution in [-0.4, -0.2) is 50.1 Å². The number of rotatable bonds is 7. The predicted octanol–water partition coefficient (Wildman–Crippen LogP) is 1.67. The Bertz CT molecular complexity index is 93.8. The van der Waals surface area contributed by atoms with Crippen molar-refractivity contribution in [3.63, 3.8) is 0 Å². The van der Waals surface area contributed by atoms with Gasteiger partial charge in [0.1, 0.15) is 0 Å². The Hall–Kier alpha value is -0.0800. The van der Waals surface area contributed by atoms with Gasteiger partial charge in [-0.05, 0) is 33.6 Å². The predicted molar refractivity (Wildman–Crippen MR) is 55.6 cm³/mol. The summed E-state index contributed by atoms with van der Waals surface area (Å²) in [4.78, 5) is 4.76. The SMILES string of the molecule is CCCCN(C)CCN(C)CC. The van der Waals surface area contributed by atoms with Crippen LogP contribution in [0.3, 0.4) is 0 Å². The molecule has 0 fully saturated rings. The van der Waals surface area contributed by atoms with E-state index in [1.807, 2.05) is 0 Å². The smallest absolute Gasteiger partial charge is 0.0106 e. The monoisotopic (exact) mass is 172 g/mol. The Morgan fingerprint density at radius 3 is 1.92 bits per heavy atom. The fourth-order valence-electron chi connectivity index (χ4n) is 1.04. The van der Waals surface area contributed by atoms with Crippen molar-refractivity contribution in [2.75, 3.05) is 40.3 Å². The molecule has 12 heavy (non-hydrogen) atoms. The summed E-state index contributed by atoms with van der Waals surface area (Å²) in [6.07, 6.45) is 2.63. The van der Waals surface area contributed by atoms with Crippen molar-refractivity contribution >= 4 is 0 Å². The average molecular weight is 172 g/mol. The van der Waals surface area contributed by atoms with E-state index in [4.69, 9.17) is 0 Å². The van der Waals surface area contributed by atoms with Crippen LogP contribution < -0.4 is 0 Å². The topological polar surface area (TPSA) is 6.48 Å². The van der Waals surface area contributed by atoms with Gasteiger partial charge in [0, 0.05) is 13.1 Å². The van der Waals surface area contributed by atoms with Gasteiger partial charge >= 0.3 is 0 Å². The van der Waals surface area contributed by atoms with Crippen molar-refractivity contribution in [3.8, 4) is 0 Å². The van der Waals surface area contributed by atoms with Gasteiger partial charge in [-0.2, -0.15) is 0 Å². The van der Waals surface area contributed by atoms with Crippen LogP contribution in [0.2, 0.25) is 0 Å². The third-order valence-corrected chi connectivity index (χ3v) is 2.30. The molecule has 0 radical (unpaired) electrons. The normalized spacial score (nSPS) is 11.5. The highest BCUT2D eigenvalue weighted by Gasteiger charge is 1.98. The first-order valence-electron chi connectivity index (χ1n) is 5.07. The summed E-state index contributed by atoms with van der Waals surface area (Å²) >= 11 is 0. The standard InChI is InChI=1S/C10H24N2/c1-5-7-8-12(4)10-9-11(3)6-2/h5-10H2,1-4H3. The quantitative estimate of drug-likeness (QED) is 0.576. The summed E-state index contributed by atoms with van der Waals surface area (Å²) in [6.45, 7) is 9.23. The lowest BCUT2D eigenvalue weighted by atomic mass is 10.3. The average Bonchev–Trinajstić information content (AvgIpc) is 2.10. The molecule has 0 unspecified atom stereocenters. The van der Waals surface area contributed by atoms with Crippen molar-refractivity contribution in [2.45, 2.75) is 26.7 Å². The molecule has 0 saturated heterocycles. The second-order valence-corrected chi connectivity index (χ2v) is 3.55. The van der Waals surface area contributed by atoms with Crippen LogP contribution >= 0.6 is 0 Å². The molecule has 0 aromatic rings. The molecule has 0 aromatic heterocycles. The van der Waals surface area contributed by atoms with Crippen LogP contribution in [0.25, 0.3) is 0 Å². The first-order valence-corrected chi connectivity index (χ1v) is 5.07. The Balaban J connectivity index is 3.24. The number of likely N-dealkylation sites (N-methyl/N-ethyl adjacent to an activating group) is 2. The Kier molecular flexibility index (Phi) is 7.51. The van der Waals surface area contributed by atoms with E-state index in [-0.39, 0.29) is 0 Å². The maximum absolute atomic E-state index is 2.41. The van der Waals surface area contributed by atoms with Crippen LogP contribution in [0.5, 0.6) is 0 Å². The minimum absolute atomic E-state index is 1.15. The molecule has 0 aliphatic carbocycles. The summed E-state index contributed by atoms with van der Waals surface area (Å²) in [5.41, 5.74) is 0. The molecule has 0 saturated carbocycles. The van der Waals surface area contributed by atoms with Crippen molar-refractivity contribution in [1.29, 1.82) is 0 Å². The summed E-state index contributed by atoms with van der Waals surface area (Å²) in [5.74, 6) is 0. The Morgan fingerprint density at radius 1 is 0.833 bits per heavy atom. The minimum Gasteiger partial charge on any atom is -0.305 e.